The standard InChI is InChI=1S/C13H9BrF2OS/c1-7-9(14)6-12(18-7)11(17)5-8-3-2-4-10(15)13(8)16/h2-4,6H,5H2,1H3. The molecule has 1 nitrogen and oxygen atoms in total. The highest BCUT2D eigenvalue weighted by molar-refractivity contribution is 9.10. The maximum Gasteiger partial charge on any atom is 0.177 e. The number of Topliss-reactive ketones (excluding diaryl/α,β-unsaturated/α-hetero) is 1. The molecule has 0 saturated carbocycles. The van der Waals surface area contributed by atoms with E-state index in [1.54, 1.807) is 6.07 Å². The molecule has 1 aromatic heterocycles. The van der Waals surface area contributed by atoms with Gasteiger partial charge in [0.25, 0.3) is 0 Å². The summed E-state index contributed by atoms with van der Waals surface area (Å²) in [6.45, 7) is 1.88. The van der Waals surface area contributed by atoms with Gasteiger partial charge in [-0.3, -0.25) is 4.79 Å². The third-order valence-electron chi connectivity index (χ3n) is 2.51. The molecule has 1 heterocycles. The van der Waals surface area contributed by atoms with E-state index in [1.165, 1.54) is 23.5 Å². The molecule has 0 aliphatic heterocycles. The number of thiophene rings is 1. The Morgan fingerprint density at radius 2 is 2.11 bits per heavy atom. The summed E-state index contributed by atoms with van der Waals surface area (Å²) < 4.78 is 27.3. The van der Waals surface area contributed by atoms with E-state index >= 15 is 0 Å². The SMILES string of the molecule is Cc1sc(C(=O)Cc2cccc(F)c2F)cc1Br. The van der Waals surface area contributed by atoms with Gasteiger partial charge in [-0.2, -0.15) is 0 Å². The lowest BCUT2D eigenvalue weighted by Crippen LogP contribution is -2.04. The Kier molecular flexibility index (Phi) is 3.92. The van der Waals surface area contributed by atoms with E-state index in [1.807, 2.05) is 6.92 Å². The normalized spacial score (nSPS) is 10.7. The summed E-state index contributed by atoms with van der Waals surface area (Å²) in [5.74, 6) is -2.08. The van der Waals surface area contributed by atoms with Crippen molar-refractivity contribution in [3.05, 3.63) is 55.7 Å². The van der Waals surface area contributed by atoms with E-state index in [-0.39, 0.29) is 17.8 Å². The highest BCUT2D eigenvalue weighted by Crippen LogP contribution is 2.27. The molecule has 0 N–H and O–H groups in total. The zero-order chi connectivity index (χ0) is 13.3. The van der Waals surface area contributed by atoms with Crippen LogP contribution in [0.5, 0.6) is 0 Å². The molecular weight excluding hydrogens is 322 g/mol. The molecule has 0 bridgehead atoms. The van der Waals surface area contributed by atoms with Crippen molar-refractivity contribution in [3.8, 4) is 0 Å². The van der Waals surface area contributed by atoms with Gasteiger partial charge in [-0.25, -0.2) is 8.78 Å². The fraction of sp³-hybridized carbons (Fsp3) is 0.154. The first-order chi connectivity index (χ1) is 8.49. The summed E-state index contributed by atoms with van der Waals surface area (Å²) in [5.41, 5.74) is 0.0853. The molecule has 2 aromatic rings. The Balaban J connectivity index is 2.24. The van der Waals surface area contributed by atoms with E-state index in [9.17, 15) is 13.6 Å². The van der Waals surface area contributed by atoms with Crippen molar-refractivity contribution in [1.29, 1.82) is 0 Å². The monoisotopic (exact) mass is 330 g/mol. The van der Waals surface area contributed by atoms with Crippen LogP contribution in [0.1, 0.15) is 20.1 Å². The van der Waals surface area contributed by atoms with Gasteiger partial charge in [0.15, 0.2) is 17.4 Å². The van der Waals surface area contributed by atoms with Gasteiger partial charge in [0.05, 0.1) is 4.88 Å². The average Bonchev–Trinajstić information content (AvgIpc) is 2.66. The summed E-state index contributed by atoms with van der Waals surface area (Å²) >= 11 is 4.66. The molecule has 0 fully saturated rings. The lowest BCUT2D eigenvalue weighted by Gasteiger charge is -2.01. The summed E-state index contributed by atoms with van der Waals surface area (Å²) in [7, 11) is 0. The molecule has 18 heavy (non-hydrogen) atoms. The second kappa shape index (κ2) is 5.28. The summed E-state index contributed by atoms with van der Waals surface area (Å²) in [6.07, 6.45) is -0.129. The second-order valence-corrected chi connectivity index (χ2v) is 5.94. The van der Waals surface area contributed by atoms with Crippen molar-refractivity contribution < 1.29 is 13.6 Å². The number of carbonyl (C=O) groups is 1. The second-order valence-electron chi connectivity index (χ2n) is 3.83. The smallest absolute Gasteiger partial charge is 0.177 e. The molecule has 0 radical (unpaired) electrons. The Hall–Kier alpha value is -1.07. The number of ketones is 1. The summed E-state index contributed by atoms with van der Waals surface area (Å²) in [6, 6.07) is 5.57. The van der Waals surface area contributed by atoms with E-state index in [4.69, 9.17) is 0 Å². The largest absolute Gasteiger partial charge is 0.293 e. The predicted molar refractivity (Wildman–Crippen MR) is 71.1 cm³/mol. The molecule has 0 spiro atoms. The first kappa shape index (κ1) is 13.4. The van der Waals surface area contributed by atoms with Crippen LogP contribution in [0.4, 0.5) is 8.78 Å². The van der Waals surface area contributed by atoms with Gasteiger partial charge in [0, 0.05) is 15.8 Å². The molecule has 94 valence electrons. The number of rotatable bonds is 3. The molecule has 2 rings (SSSR count). The topological polar surface area (TPSA) is 17.1 Å². The molecule has 0 unspecified atom stereocenters. The van der Waals surface area contributed by atoms with E-state index in [2.05, 4.69) is 15.9 Å². The van der Waals surface area contributed by atoms with Gasteiger partial charge in [0.1, 0.15) is 0 Å². The summed E-state index contributed by atoms with van der Waals surface area (Å²) in [5, 5.41) is 0. The number of aryl methyl sites for hydroxylation is 1. The van der Waals surface area contributed by atoms with E-state index in [0.29, 0.717) is 4.88 Å². The number of hydrogen-bond acceptors (Lipinski definition) is 2. The van der Waals surface area contributed by atoms with Crippen LogP contribution < -0.4 is 0 Å². The maximum absolute atomic E-state index is 13.4. The van der Waals surface area contributed by atoms with Gasteiger partial charge in [-0.05, 0) is 40.5 Å². The Morgan fingerprint density at radius 1 is 1.39 bits per heavy atom. The van der Waals surface area contributed by atoms with Crippen molar-refractivity contribution >= 4 is 33.0 Å². The van der Waals surface area contributed by atoms with Crippen LogP contribution >= 0.6 is 27.3 Å². The van der Waals surface area contributed by atoms with Crippen LogP contribution in [0, 0.1) is 18.6 Å². The highest BCUT2D eigenvalue weighted by Gasteiger charge is 2.15. The molecular formula is C13H9BrF2OS. The lowest BCUT2D eigenvalue weighted by atomic mass is 10.1. The molecule has 0 atom stereocenters. The Morgan fingerprint density at radius 3 is 2.72 bits per heavy atom. The minimum absolute atomic E-state index is 0.0853. The fourth-order valence-corrected chi connectivity index (χ4v) is 3.01. The molecule has 0 aliphatic rings. The first-order valence-corrected chi connectivity index (χ1v) is 6.82. The summed E-state index contributed by atoms with van der Waals surface area (Å²) in [4.78, 5) is 13.5. The quantitative estimate of drug-likeness (QED) is 0.756. The van der Waals surface area contributed by atoms with Gasteiger partial charge in [-0.1, -0.05) is 12.1 Å². The minimum atomic E-state index is -0.946. The van der Waals surface area contributed by atoms with Gasteiger partial charge in [-0.15, -0.1) is 11.3 Å². The van der Waals surface area contributed by atoms with Crippen LogP contribution in [0.2, 0.25) is 0 Å². The number of carbonyl (C=O) groups excluding carboxylic acids is 1. The Bertz CT molecular complexity index is 588. The van der Waals surface area contributed by atoms with Gasteiger partial charge < -0.3 is 0 Å². The van der Waals surface area contributed by atoms with Crippen molar-refractivity contribution in [3.63, 3.8) is 0 Å². The van der Waals surface area contributed by atoms with Gasteiger partial charge >= 0.3 is 0 Å². The molecule has 0 saturated heterocycles. The molecule has 0 aliphatic carbocycles. The predicted octanol–water partition coefficient (Wildman–Crippen LogP) is 4.52. The van der Waals surface area contributed by atoms with Crippen LogP contribution in [0.15, 0.2) is 28.7 Å². The van der Waals surface area contributed by atoms with Crippen molar-refractivity contribution in [2.45, 2.75) is 13.3 Å². The zero-order valence-corrected chi connectivity index (χ0v) is 11.9. The zero-order valence-electron chi connectivity index (χ0n) is 9.47. The highest BCUT2D eigenvalue weighted by atomic mass is 79.9. The molecule has 0 amide bonds. The third-order valence-corrected chi connectivity index (χ3v) is 4.69. The average molecular weight is 331 g/mol. The minimum Gasteiger partial charge on any atom is -0.293 e. The van der Waals surface area contributed by atoms with Gasteiger partial charge in [0.2, 0.25) is 0 Å². The van der Waals surface area contributed by atoms with Crippen LogP contribution in [-0.2, 0) is 6.42 Å². The van der Waals surface area contributed by atoms with E-state index < -0.39 is 11.6 Å². The number of hydrogen-bond donors (Lipinski definition) is 0. The molecule has 5 heteroatoms. The van der Waals surface area contributed by atoms with Crippen LogP contribution in [-0.4, -0.2) is 5.78 Å². The van der Waals surface area contributed by atoms with Crippen molar-refractivity contribution in [1.82, 2.24) is 0 Å². The lowest BCUT2D eigenvalue weighted by molar-refractivity contribution is 0.0995. The number of benzene rings is 1. The fourth-order valence-electron chi connectivity index (χ4n) is 1.54. The van der Waals surface area contributed by atoms with Crippen LogP contribution in [0.25, 0.3) is 0 Å². The van der Waals surface area contributed by atoms with Crippen molar-refractivity contribution in [2.75, 3.05) is 0 Å². The third kappa shape index (κ3) is 2.67. The molecule has 1 aromatic carbocycles. The first-order valence-electron chi connectivity index (χ1n) is 5.21. The van der Waals surface area contributed by atoms with Crippen molar-refractivity contribution in [2.24, 2.45) is 0 Å². The van der Waals surface area contributed by atoms with E-state index in [0.717, 1.165) is 15.4 Å². The van der Waals surface area contributed by atoms with Crippen LogP contribution in [0.3, 0.4) is 0 Å². The maximum atomic E-state index is 13.4. The number of halogens is 3. The Labute approximate surface area is 116 Å².